The Morgan fingerprint density at radius 1 is 0.425 bits per heavy atom. The van der Waals surface area contributed by atoms with Gasteiger partial charge in [-0.1, -0.05) is 141 Å². The number of esters is 2. The second kappa shape index (κ2) is 36.6. The van der Waals surface area contributed by atoms with Crippen LogP contribution in [0.15, 0.2) is 24.3 Å². The zero-order chi connectivity index (χ0) is 28.5. The molecule has 0 unspecified atom stereocenters. The molecular formula is C36H67NaO3. The standard InChI is InChI=1S/C36H66O3.Na.H/c1-3-5-7-9-11-13-15-17-19-21-23-25-27-29-31-33-35(37)39-36(38)34-32-30-28-26-24-22-20-18-16-14-12-10-8-6-4-2;;/h17-20H,3-16,21-34H2,1-2H3;;/q;+1;-1. The van der Waals surface area contributed by atoms with Crippen molar-refractivity contribution in [2.24, 2.45) is 0 Å². The van der Waals surface area contributed by atoms with Crippen molar-refractivity contribution < 1.29 is 45.3 Å². The molecule has 0 aliphatic carbocycles. The van der Waals surface area contributed by atoms with Crippen LogP contribution < -0.4 is 29.6 Å². The molecule has 0 saturated carbocycles. The maximum atomic E-state index is 11.9. The molecule has 0 aromatic heterocycles. The van der Waals surface area contributed by atoms with Crippen LogP contribution in [0.3, 0.4) is 0 Å². The summed E-state index contributed by atoms with van der Waals surface area (Å²) in [5.41, 5.74) is 0. The van der Waals surface area contributed by atoms with Crippen molar-refractivity contribution >= 4 is 11.9 Å². The maximum Gasteiger partial charge on any atom is 1.00 e. The Balaban J connectivity index is -0.00000722. The predicted octanol–water partition coefficient (Wildman–Crippen LogP) is 9.25. The molecule has 0 fully saturated rings. The molecule has 0 aliphatic rings. The van der Waals surface area contributed by atoms with Crippen molar-refractivity contribution in [2.75, 3.05) is 0 Å². The van der Waals surface area contributed by atoms with Gasteiger partial charge in [0.25, 0.3) is 0 Å². The van der Waals surface area contributed by atoms with E-state index in [-0.39, 0.29) is 42.9 Å². The van der Waals surface area contributed by atoms with Gasteiger partial charge in [0.2, 0.25) is 0 Å². The summed E-state index contributed by atoms with van der Waals surface area (Å²) in [6, 6.07) is 0. The van der Waals surface area contributed by atoms with Crippen molar-refractivity contribution in [3.63, 3.8) is 0 Å². The average molecular weight is 571 g/mol. The van der Waals surface area contributed by atoms with Crippen molar-refractivity contribution in [2.45, 2.75) is 194 Å². The Hall–Kier alpha value is -0.380. The van der Waals surface area contributed by atoms with E-state index in [1.54, 1.807) is 0 Å². The molecule has 0 atom stereocenters. The molecule has 0 radical (unpaired) electrons. The van der Waals surface area contributed by atoms with Gasteiger partial charge in [-0.2, -0.15) is 0 Å². The fourth-order valence-corrected chi connectivity index (χ4v) is 4.91. The Morgan fingerprint density at radius 3 is 0.975 bits per heavy atom. The Morgan fingerprint density at radius 2 is 0.675 bits per heavy atom. The predicted molar refractivity (Wildman–Crippen MR) is 171 cm³/mol. The molecule has 230 valence electrons. The summed E-state index contributed by atoms with van der Waals surface area (Å²) in [5, 5.41) is 0. The van der Waals surface area contributed by atoms with Crippen LogP contribution in [0.2, 0.25) is 0 Å². The van der Waals surface area contributed by atoms with Crippen LogP contribution in [-0.2, 0) is 14.3 Å². The van der Waals surface area contributed by atoms with Crippen LogP contribution in [0.25, 0.3) is 0 Å². The van der Waals surface area contributed by atoms with Gasteiger partial charge < -0.3 is 6.16 Å². The summed E-state index contributed by atoms with van der Waals surface area (Å²) in [6.07, 6.45) is 42.2. The summed E-state index contributed by atoms with van der Waals surface area (Å²) in [4.78, 5) is 23.8. The summed E-state index contributed by atoms with van der Waals surface area (Å²) >= 11 is 0. The maximum absolute atomic E-state index is 11.9. The number of rotatable bonds is 30. The molecular weight excluding hydrogens is 503 g/mol. The van der Waals surface area contributed by atoms with E-state index in [0.717, 1.165) is 38.5 Å². The largest absolute Gasteiger partial charge is 1.00 e. The molecule has 0 heterocycles. The molecule has 40 heavy (non-hydrogen) atoms. The van der Waals surface area contributed by atoms with Crippen molar-refractivity contribution in [3.8, 4) is 0 Å². The number of carbonyl (C=O) groups is 2. The van der Waals surface area contributed by atoms with Gasteiger partial charge in [-0.05, 0) is 64.2 Å². The van der Waals surface area contributed by atoms with Crippen LogP contribution in [0.5, 0.6) is 0 Å². The summed E-state index contributed by atoms with van der Waals surface area (Å²) in [7, 11) is 0. The third kappa shape index (κ3) is 35.6. The van der Waals surface area contributed by atoms with Crippen LogP contribution in [0, 0.1) is 0 Å². The third-order valence-electron chi connectivity index (χ3n) is 7.51. The Kier molecular flexibility index (Phi) is 38.3. The molecule has 0 aromatic rings. The Labute approximate surface area is 273 Å². The van der Waals surface area contributed by atoms with Gasteiger partial charge in [-0.3, -0.25) is 9.59 Å². The molecule has 0 spiro atoms. The molecule has 3 nitrogen and oxygen atoms in total. The van der Waals surface area contributed by atoms with Crippen LogP contribution >= 0.6 is 0 Å². The average Bonchev–Trinajstić information content (AvgIpc) is 2.93. The smallest absolute Gasteiger partial charge is 1.00 e. The van der Waals surface area contributed by atoms with Gasteiger partial charge in [-0.25, -0.2) is 0 Å². The molecule has 4 heteroatoms. The van der Waals surface area contributed by atoms with E-state index in [9.17, 15) is 9.59 Å². The quantitative estimate of drug-likeness (QED) is 0.0284. The first-order chi connectivity index (χ1) is 19.2. The molecule has 0 bridgehead atoms. The third-order valence-corrected chi connectivity index (χ3v) is 7.51. The van der Waals surface area contributed by atoms with Gasteiger partial charge >= 0.3 is 41.5 Å². The molecule has 0 aromatic carbocycles. The fourth-order valence-electron chi connectivity index (χ4n) is 4.91. The summed E-state index contributed by atoms with van der Waals surface area (Å²) in [5.74, 6) is -0.684. The summed E-state index contributed by atoms with van der Waals surface area (Å²) in [6.45, 7) is 4.53. The molecule has 0 rings (SSSR count). The first-order valence-corrected chi connectivity index (χ1v) is 17.2. The minimum Gasteiger partial charge on any atom is -1.00 e. The fraction of sp³-hybridized carbons (Fsp3) is 0.833. The van der Waals surface area contributed by atoms with Gasteiger partial charge in [0.05, 0.1) is 0 Å². The van der Waals surface area contributed by atoms with E-state index in [4.69, 9.17) is 4.74 Å². The van der Waals surface area contributed by atoms with Crippen LogP contribution in [-0.4, -0.2) is 11.9 Å². The van der Waals surface area contributed by atoms with Gasteiger partial charge in [0.1, 0.15) is 0 Å². The van der Waals surface area contributed by atoms with Crippen molar-refractivity contribution in [1.82, 2.24) is 0 Å². The normalized spacial score (nSPS) is 11.3. The van der Waals surface area contributed by atoms with E-state index in [2.05, 4.69) is 38.2 Å². The number of hydrogen-bond acceptors (Lipinski definition) is 3. The Bertz CT molecular complexity index is 541. The van der Waals surface area contributed by atoms with Gasteiger partial charge in [0.15, 0.2) is 0 Å². The molecule has 0 N–H and O–H groups in total. The van der Waals surface area contributed by atoms with Crippen LogP contribution in [0.1, 0.15) is 195 Å². The minimum atomic E-state index is -0.342. The topological polar surface area (TPSA) is 43.4 Å². The zero-order valence-electron chi connectivity index (χ0n) is 28.3. The number of hydrogen-bond donors (Lipinski definition) is 0. The van der Waals surface area contributed by atoms with E-state index in [1.807, 2.05) is 0 Å². The van der Waals surface area contributed by atoms with E-state index < -0.39 is 0 Å². The van der Waals surface area contributed by atoms with Gasteiger partial charge in [0, 0.05) is 12.8 Å². The number of ether oxygens (including phenoxy) is 1. The monoisotopic (exact) mass is 570 g/mol. The second-order valence-electron chi connectivity index (χ2n) is 11.5. The zero-order valence-corrected chi connectivity index (χ0v) is 29.3. The summed E-state index contributed by atoms with van der Waals surface area (Å²) < 4.78 is 4.99. The number of unbranched alkanes of at least 4 members (excludes halogenated alkanes) is 22. The van der Waals surface area contributed by atoms with Crippen LogP contribution in [0.4, 0.5) is 0 Å². The van der Waals surface area contributed by atoms with Crippen molar-refractivity contribution in [3.05, 3.63) is 24.3 Å². The van der Waals surface area contributed by atoms with Gasteiger partial charge in [-0.15, -0.1) is 0 Å². The first kappa shape index (κ1) is 41.8. The number of allylic oxidation sites excluding steroid dienone is 4. The second-order valence-corrected chi connectivity index (χ2v) is 11.5. The SMILES string of the molecule is CCCCCCCCC=CCCCCCCCC(=O)OC(=O)CCCCCCCC=CCCCCCCCC.[H-].[Na+]. The van der Waals surface area contributed by atoms with Crippen molar-refractivity contribution in [1.29, 1.82) is 0 Å². The first-order valence-electron chi connectivity index (χ1n) is 17.2. The van der Waals surface area contributed by atoms with E-state index >= 15 is 0 Å². The van der Waals surface area contributed by atoms with E-state index in [0.29, 0.717) is 12.8 Å². The molecule has 0 amide bonds. The number of carbonyl (C=O) groups excluding carboxylic acids is 2. The molecule has 0 aliphatic heterocycles. The van der Waals surface area contributed by atoms with E-state index in [1.165, 1.54) is 128 Å². The molecule has 0 saturated heterocycles. The minimum absolute atomic E-state index is 0.